The molecule has 7 nitrogen and oxygen atoms in total. The van der Waals surface area contributed by atoms with Crippen molar-refractivity contribution in [3.05, 3.63) is 35.4 Å². The largest absolute Gasteiger partial charge is 0.430 e. The SMILES string of the molecule is CC(Cl)OC(=O)N1CCOC(CN2C(=O)c3ccccc3C2=O)C1. The average Bonchev–Trinajstić information content (AvgIpc) is 2.80. The molecule has 3 amide bonds. The minimum absolute atomic E-state index is 0.0898. The van der Waals surface area contributed by atoms with E-state index in [4.69, 9.17) is 21.1 Å². The van der Waals surface area contributed by atoms with Crippen molar-refractivity contribution in [1.29, 1.82) is 0 Å². The molecular formula is C16H17ClN2O5. The zero-order chi connectivity index (χ0) is 17.3. The Morgan fingerprint density at radius 1 is 1.33 bits per heavy atom. The summed E-state index contributed by atoms with van der Waals surface area (Å²) in [5, 5.41) is 0. The maximum atomic E-state index is 12.4. The van der Waals surface area contributed by atoms with Gasteiger partial charge in [0.1, 0.15) is 0 Å². The third-order valence-corrected chi connectivity index (χ3v) is 4.01. The number of fused-ring (bicyclic) bond motifs is 1. The molecular weight excluding hydrogens is 336 g/mol. The van der Waals surface area contributed by atoms with Gasteiger partial charge in [0.25, 0.3) is 11.8 Å². The smallest absolute Gasteiger partial charge is 0.411 e. The molecule has 1 fully saturated rings. The van der Waals surface area contributed by atoms with Gasteiger partial charge in [-0.25, -0.2) is 4.79 Å². The predicted molar refractivity (Wildman–Crippen MR) is 84.9 cm³/mol. The number of carbonyl (C=O) groups is 3. The second-order valence-corrected chi connectivity index (χ2v) is 6.25. The van der Waals surface area contributed by atoms with Crippen LogP contribution >= 0.6 is 11.6 Å². The number of halogens is 1. The number of hydrogen-bond donors (Lipinski definition) is 0. The van der Waals surface area contributed by atoms with Crippen LogP contribution in [0.1, 0.15) is 27.6 Å². The first-order valence-corrected chi connectivity index (χ1v) is 8.07. The van der Waals surface area contributed by atoms with Gasteiger partial charge in [0.15, 0.2) is 5.56 Å². The molecule has 2 aliphatic heterocycles. The van der Waals surface area contributed by atoms with E-state index in [2.05, 4.69) is 0 Å². The number of hydrogen-bond acceptors (Lipinski definition) is 5. The van der Waals surface area contributed by atoms with Crippen molar-refractivity contribution in [2.24, 2.45) is 0 Å². The molecule has 0 radical (unpaired) electrons. The highest BCUT2D eigenvalue weighted by Gasteiger charge is 2.38. The van der Waals surface area contributed by atoms with Crippen molar-refractivity contribution >= 4 is 29.5 Å². The van der Waals surface area contributed by atoms with Crippen LogP contribution in [0.15, 0.2) is 24.3 Å². The standard InChI is InChI=1S/C16H17ClN2O5/c1-10(17)24-16(22)18-6-7-23-11(8-18)9-19-14(20)12-4-2-3-5-13(12)15(19)21/h2-5,10-11H,6-9H2,1H3. The van der Waals surface area contributed by atoms with Crippen molar-refractivity contribution in [1.82, 2.24) is 9.80 Å². The van der Waals surface area contributed by atoms with Gasteiger partial charge in [-0.3, -0.25) is 14.5 Å². The lowest BCUT2D eigenvalue weighted by Crippen LogP contribution is -2.50. The molecule has 0 N–H and O–H groups in total. The van der Waals surface area contributed by atoms with Crippen LogP contribution < -0.4 is 0 Å². The van der Waals surface area contributed by atoms with Crippen LogP contribution in [-0.4, -0.2) is 65.6 Å². The van der Waals surface area contributed by atoms with Crippen LogP contribution in [0.5, 0.6) is 0 Å². The highest BCUT2D eigenvalue weighted by atomic mass is 35.5. The molecule has 2 heterocycles. The average molecular weight is 353 g/mol. The van der Waals surface area contributed by atoms with Gasteiger partial charge in [-0.1, -0.05) is 23.7 Å². The summed E-state index contributed by atoms with van der Waals surface area (Å²) in [7, 11) is 0. The van der Waals surface area contributed by atoms with E-state index in [9.17, 15) is 14.4 Å². The van der Waals surface area contributed by atoms with Gasteiger partial charge in [0.2, 0.25) is 0 Å². The zero-order valence-corrected chi connectivity index (χ0v) is 13.9. The van der Waals surface area contributed by atoms with Gasteiger partial charge in [-0.05, 0) is 19.1 Å². The number of ether oxygens (including phenoxy) is 2. The molecule has 3 rings (SSSR count). The molecule has 2 atom stereocenters. The first-order chi connectivity index (χ1) is 11.5. The van der Waals surface area contributed by atoms with Crippen LogP contribution in [-0.2, 0) is 9.47 Å². The van der Waals surface area contributed by atoms with Gasteiger partial charge in [-0.15, -0.1) is 0 Å². The molecule has 1 aromatic rings. The molecule has 8 heteroatoms. The zero-order valence-electron chi connectivity index (χ0n) is 13.1. The van der Waals surface area contributed by atoms with Gasteiger partial charge < -0.3 is 14.4 Å². The summed E-state index contributed by atoms with van der Waals surface area (Å²) in [4.78, 5) is 39.3. The third kappa shape index (κ3) is 3.22. The Kier molecular flexibility index (Phi) is 4.73. The first kappa shape index (κ1) is 16.7. The highest BCUT2D eigenvalue weighted by Crippen LogP contribution is 2.23. The Morgan fingerprint density at radius 3 is 2.54 bits per heavy atom. The molecule has 2 aliphatic rings. The summed E-state index contributed by atoms with van der Waals surface area (Å²) in [6.45, 7) is 2.55. The van der Waals surface area contributed by atoms with E-state index in [0.29, 0.717) is 24.3 Å². The number of rotatable bonds is 3. The molecule has 2 unspecified atom stereocenters. The number of morpholine rings is 1. The highest BCUT2D eigenvalue weighted by molar-refractivity contribution is 6.21. The monoisotopic (exact) mass is 352 g/mol. The maximum Gasteiger partial charge on any atom is 0.411 e. The molecule has 128 valence electrons. The van der Waals surface area contributed by atoms with Gasteiger partial charge in [0.05, 0.1) is 36.9 Å². The van der Waals surface area contributed by atoms with Crippen LogP contribution in [0.4, 0.5) is 4.79 Å². The number of carbonyl (C=O) groups excluding carboxylic acids is 3. The summed E-state index contributed by atoms with van der Waals surface area (Å²) in [6.07, 6.45) is -0.993. The number of alkyl halides is 1. The number of benzene rings is 1. The summed E-state index contributed by atoms with van der Waals surface area (Å²) in [5.41, 5.74) is 0.0612. The van der Waals surface area contributed by atoms with E-state index < -0.39 is 17.8 Å². The van der Waals surface area contributed by atoms with E-state index in [1.54, 1.807) is 31.2 Å². The Hall–Kier alpha value is -2.12. The minimum atomic E-state index is -0.727. The predicted octanol–water partition coefficient (Wildman–Crippen LogP) is 1.70. The lowest BCUT2D eigenvalue weighted by atomic mass is 10.1. The fourth-order valence-corrected chi connectivity index (χ4v) is 2.89. The van der Waals surface area contributed by atoms with Crippen molar-refractivity contribution < 1.29 is 23.9 Å². The first-order valence-electron chi connectivity index (χ1n) is 7.64. The van der Waals surface area contributed by atoms with E-state index >= 15 is 0 Å². The summed E-state index contributed by atoms with van der Waals surface area (Å²) in [6, 6.07) is 6.69. The molecule has 0 saturated carbocycles. The Balaban J connectivity index is 1.65. The Bertz CT molecular complexity index is 643. The Labute approximate surface area is 144 Å². The second-order valence-electron chi connectivity index (χ2n) is 5.63. The maximum absolute atomic E-state index is 12.4. The van der Waals surface area contributed by atoms with Crippen molar-refractivity contribution in [2.45, 2.75) is 18.6 Å². The Morgan fingerprint density at radius 2 is 1.96 bits per heavy atom. The quantitative estimate of drug-likeness (QED) is 0.611. The number of imide groups is 1. The van der Waals surface area contributed by atoms with Gasteiger partial charge in [-0.2, -0.15) is 0 Å². The van der Waals surface area contributed by atoms with E-state index in [0.717, 1.165) is 4.90 Å². The van der Waals surface area contributed by atoms with Crippen molar-refractivity contribution in [3.63, 3.8) is 0 Å². The van der Waals surface area contributed by atoms with E-state index in [1.807, 2.05) is 0 Å². The molecule has 24 heavy (non-hydrogen) atoms. The fourth-order valence-electron chi connectivity index (χ4n) is 2.82. The van der Waals surface area contributed by atoms with Crippen LogP contribution in [0, 0.1) is 0 Å². The van der Waals surface area contributed by atoms with E-state index in [-0.39, 0.29) is 24.9 Å². The summed E-state index contributed by atoms with van der Waals surface area (Å²) < 4.78 is 10.5. The normalized spacial score (nSPS) is 21.7. The van der Waals surface area contributed by atoms with Gasteiger partial charge in [0, 0.05) is 6.54 Å². The topological polar surface area (TPSA) is 76.2 Å². The molecule has 0 aliphatic carbocycles. The van der Waals surface area contributed by atoms with Crippen LogP contribution in [0.25, 0.3) is 0 Å². The van der Waals surface area contributed by atoms with Gasteiger partial charge >= 0.3 is 6.09 Å². The van der Waals surface area contributed by atoms with Crippen LogP contribution in [0.3, 0.4) is 0 Å². The molecule has 0 spiro atoms. The summed E-state index contributed by atoms with van der Waals surface area (Å²) >= 11 is 5.66. The summed E-state index contributed by atoms with van der Waals surface area (Å²) in [5.74, 6) is -0.679. The molecule has 1 saturated heterocycles. The fraction of sp³-hybridized carbons (Fsp3) is 0.438. The lowest BCUT2D eigenvalue weighted by molar-refractivity contribution is -0.0362. The van der Waals surface area contributed by atoms with Crippen molar-refractivity contribution in [3.8, 4) is 0 Å². The number of nitrogens with zero attached hydrogens (tertiary/aromatic N) is 2. The lowest BCUT2D eigenvalue weighted by Gasteiger charge is -2.33. The minimum Gasteiger partial charge on any atom is -0.430 e. The van der Waals surface area contributed by atoms with Crippen LogP contribution in [0.2, 0.25) is 0 Å². The van der Waals surface area contributed by atoms with E-state index in [1.165, 1.54) is 4.90 Å². The third-order valence-electron chi connectivity index (χ3n) is 3.92. The second kappa shape index (κ2) is 6.78. The molecule has 1 aromatic carbocycles. The molecule has 0 bridgehead atoms. The van der Waals surface area contributed by atoms with Crippen molar-refractivity contribution in [2.75, 3.05) is 26.2 Å². The molecule has 0 aromatic heterocycles. The number of amides is 3.